The smallest absolute Gasteiger partial charge is 0.407 e. The van der Waals surface area contributed by atoms with Crippen molar-refractivity contribution >= 4 is 40.4 Å². The molecule has 3 aromatic rings. The van der Waals surface area contributed by atoms with E-state index in [-0.39, 0.29) is 72.6 Å². The topological polar surface area (TPSA) is 169 Å². The van der Waals surface area contributed by atoms with Crippen molar-refractivity contribution < 1.29 is 45.8 Å². The first-order chi connectivity index (χ1) is 23.7. The third kappa shape index (κ3) is 10.0. The van der Waals surface area contributed by atoms with Crippen molar-refractivity contribution in [1.82, 2.24) is 20.6 Å². The summed E-state index contributed by atoms with van der Waals surface area (Å²) < 4.78 is 82.6. The number of halogens is 4. The lowest BCUT2D eigenvalue weighted by Gasteiger charge is -2.39. The van der Waals surface area contributed by atoms with Gasteiger partial charge < -0.3 is 25.2 Å². The second-order valence-electron chi connectivity index (χ2n) is 14.3. The third-order valence-electron chi connectivity index (χ3n) is 8.91. The maximum absolute atomic E-state index is 14.1. The molecule has 1 aromatic heterocycles. The monoisotopic (exact) mass is 769 g/mol. The fourth-order valence-electron chi connectivity index (χ4n) is 6.12. The first-order valence-electron chi connectivity index (χ1n) is 16.5. The van der Waals surface area contributed by atoms with Crippen LogP contribution in [0.5, 0.6) is 5.88 Å². The number of hydrogen-bond donors (Lipinski definition) is 4. The van der Waals surface area contributed by atoms with Crippen molar-refractivity contribution in [3.8, 4) is 17.1 Å². The second kappa shape index (κ2) is 15.4. The summed E-state index contributed by atoms with van der Waals surface area (Å²) in [7, 11) is -4.37. The number of nitrogens with one attached hydrogen (secondary N) is 3. The van der Waals surface area contributed by atoms with E-state index in [2.05, 4.69) is 25.3 Å². The Morgan fingerprint density at radius 3 is 2.21 bits per heavy atom. The van der Waals surface area contributed by atoms with Gasteiger partial charge in [0.05, 0.1) is 21.6 Å². The maximum atomic E-state index is 14.1. The van der Waals surface area contributed by atoms with E-state index in [1.165, 1.54) is 24.3 Å². The van der Waals surface area contributed by atoms with Crippen LogP contribution in [0.25, 0.3) is 11.3 Å². The number of carbonyl (C=O) groups is 2. The molecular weight excluding hydrogens is 727 g/mol. The number of alkyl carbamates (subject to hydrolysis) is 1. The summed E-state index contributed by atoms with van der Waals surface area (Å²) in [6, 6.07) is 10.6. The summed E-state index contributed by atoms with van der Waals surface area (Å²) in [5.74, 6) is -1.77. The molecule has 0 unspecified atom stereocenters. The molecule has 0 radical (unpaired) electrons. The Kier molecular flexibility index (Phi) is 12.1. The SMILES string of the molecule is Cc1cccc(C)c1-c1cc(OC[C@@H](CC2(C(F)(F)F)CC2)NC2CC(NC(=O)OC(C)(C)C)C2)nc(NS(=O)(=O)c2cccc(C(=O)O)c2)n1.Cl. The van der Waals surface area contributed by atoms with Gasteiger partial charge in [0.25, 0.3) is 10.0 Å². The number of alkyl halides is 3. The van der Waals surface area contributed by atoms with Gasteiger partial charge in [-0.25, -0.2) is 27.7 Å². The predicted molar refractivity (Wildman–Crippen MR) is 189 cm³/mol. The fraction of sp³-hybridized carbons (Fsp3) is 0.486. The summed E-state index contributed by atoms with van der Waals surface area (Å²) in [6.07, 6.45) is -4.25. The van der Waals surface area contributed by atoms with Gasteiger partial charge in [0.2, 0.25) is 11.8 Å². The van der Waals surface area contributed by atoms with Gasteiger partial charge in [-0.15, -0.1) is 12.4 Å². The molecule has 12 nitrogen and oxygen atoms in total. The number of aromatic carboxylic acids is 1. The quantitative estimate of drug-likeness (QED) is 0.145. The van der Waals surface area contributed by atoms with Crippen molar-refractivity contribution in [2.45, 2.75) is 102 Å². The van der Waals surface area contributed by atoms with E-state index < -0.39 is 45.3 Å². The number of ether oxygens (including phenoxy) is 2. The van der Waals surface area contributed by atoms with Crippen molar-refractivity contribution in [2.24, 2.45) is 5.41 Å². The van der Waals surface area contributed by atoms with E-state index >= 15 is 0 Å². The Labute approximate surface area is 306 Å². The zero-order chi connectivity index (χ0) is 37.4. The fourth-order valence-corrected chi connectivity index (χ4v) is 7.11. The number of aromatic nitrogens is 2. The van der Waals surface area contributed by atoms with E-state index in [0.717, 1.165) is 17.2 Å². The number of hydrogen-bond acceptors (Lipinski definition) is 9. The standard InChI is InChI=1S/C35H42F3N5O7S.ClH/c1-20-8-6-9-21(2)29(20)27-17-28(42-31(41-27)43-51(47,48)26-11-7-10-22(14-26)30(44)45)49-19-25(18-34(12-13-34)35(36,37)38)39-23-15-24(16-23)40-32(46)50-33(3,4)5;/h6-11,14,17,23-25,39H,12-13,15-16,18-19H2,1-5H3,(H,40,46)(H,44,45)(H,41,42,43);1H/t23?,24?,25-;/m1./s1. The van der Waals surface area contributed by atoms with Gasteiger partial charge >= 0.3 is 18.2 Å². The number of benzene rings is 2. The van der Waals surface area contributed by atoms with Crippen LogP contribution in [-0.2, 0) is 14.8 Å². The molecule has 0 saturated heterocycles. The van der Waals surface area contributed by atoms with E-state index in [0.29, 0.717) is 24.1 Å². The lowest BCUT2D eigenvalue weighted by molar-refractivity contribution is -0.191. The molecule has 2 aliphatic rings. The largest absolute Gasteiger partial charge is 0.478 e. The molecule has 2 fully saturated rings. The summed E-state index contributed by atoms with van der Waals surface area (Å²) >= 11 is 0. The van der Waals surface area contributed by atoms with Crippen LogP contribution in [0, 0.1) is 19.3 Å². The number of amides is 1. The molecule has 1 heterocycles. The highest BCUT2D eigenvalue weighted by Crippen LogP contribution is 2.60. The predicted octanol–water partition coefficient (Wildman–Crippen LogP) is 6.81. The number of carbonyl (C=O) groups excluding carboxylic acids is 1. The van der Waals surface area contributed by atoms with Gasteiger partial charge in [-0.05, 0) is 96.0 Å². The normalized spacial score (nSPS) is 18.6. The molecule has 284 valence electrons. The number of nitrogens with zero attached hydrogens (tertiary/aromatic N) is 2. The molecule has 2 saturated carbocycles. The Morgan fingerprint density at radius 2 is 1.63 bits per heavy atom. The van der Waals surface area contributed by atoms with Gasteiger partial charge in [-0.3, -0.25) is 0 Å². The van der Waals surface area contributed by atoms with Crippen molar-refractivity contribution in [1.29, 1.82) is 0 Å². The third-order valence-corrected chi connectivity index (χ3v) is 10.2. The number of carboxylic acid groups (broad SMARTS) is 1. The highest BCUT2D eigenvalue weighted by Gasteiger charge is 2.63. The molecule has 52 heavy (non-hydrogen) atoms. The maximum Gasteiger partial charge on any atom is 0.407 e. The molecular formula is C35H43ClF3N5O7S. The van der Waals surface area contributed by atoms with Gasteiger partial charge in [0, 0.05) is 29.8 Å². The highest BCUT2D eigenvalue weighted by atomic mass is 35.5. The molecule has 1 amide bonds. The van der Waals surface area contributed by atoms with Crippen LogP contribution >= 0.6 is 12.4 Å². The molecule has 17 heteroatoms. The number of aryl methyl sites for hydroxylation is 2. The Morgan fingerprint density at radius 1 is 1.00 bits per heavy atom. The van der Waals surface area contributed by atoms with Crippen molar-refractivity contribution in [2.75, 3.05) is 11.3 Å². The molecule has 1 atom stereocenters. The molecule has 5 rings (SSSR count). The zero-order valence-electron chi connectivity index (χ0n) is 29.3. The van der Waals surface area contributed by atoms with Gasteiger partial charge in [0.1, 0.15) is 12.2 Å². The van der Waals surface area contributed by atoms with Gasteiger partial charge in [-0.1, -0.05) is 24.3 Å². The molecule has 0 aliphatic heterocycles. The van der Waals surface area contributed by atoms with Crippen LogP contribution in [0.3, 0.4) is 0 Å². The van der Waals surface area contributed by atoms with Crippen molar-refractivity contribution in [3.05, 3.63) is 65.2 Å². The molecule has 2 aliphatic carbocycles. The van der Waals surface area contributed by atoms with Crippen LogP contribution in [0.1, 0.15) is 74.4 Å². The minimum absolute atomic E-state index is 0. The summed E-state index contributed by atoms with van der Waals surface area (Å²) in [4.78, 5) is 32.0. The minimum atomic E-state index is -4.40. The first kappa shape index (κ1) is 40.6. The summed E-state index contributed by atoms with van der Waals surface area (Å²) in [6.45, 7) is 8.71. The average molecular weight is 770 g/mol. The number of rotatable bonds is 13. The first-order valence-corrected chi connectivity index (χ1v) is 18.0. The van der Waals surface area contributed by atoms with Crippen molar-refractivity contribution in [3.63, 3.8) is 0 Å². The minimum Gasteiger partial charge on any atom is -0.478 e. The molecule has 4 N–H and O–H groups in total. The molecule has 2 aromatic carbocycles. The van der Waals surface area contributed by atoms with E-state index in [1.54, 1.807) is 20.8 Å². The van der Waals surface area contributed by atoms with Gasteiger partial charge in [0.15, 0.2) is 0 Å². The number of carboxylic acids is 1. The number of anilines is 1. The van der Waals surface area contributed by atoms with Crippen LogP contribution in [0.15, 0.2) is 53.4 Å². The zero-order valence-corrected chi connectivity index (χ0v) is 31.0. The molecule has 0 bridgehead atoms. The average Bonchev–Trinajstić information content (AvgIpc) is 3.78. The van der Waals surface area contributed by atoms with Crippen LogP contribution in [0.2, 0.25) is 0 Å². The lowest BCUT2D eigenvalue weighted by atomic mass is 9.85. The summed E-state index contributed by atoms with van der Waals surface area (Å²) in [5.41, 5.74) is -0.123. The second-order valence-corrected chi connectivity index (χ2v) is 16.0. The highest BCUT2D eigenvalue weighted by molar-refractivity contribution is 7.92. The Bertz CT molecular complexity index is 1880. The van der Waals surface area contributed by atoms with Crippen LogP contribution in [0.4, 0.5) is 23.9 Å². The van der Waals surface area contributed by atoms with E-state index in [9.17, 15) is 36.3 Å². The van der Waals surface area contributed by atoms with E-state index in [4.69, 9.17) is 9.47 Å². The van der Waals surface area contributed by atoms with Crippen LogP contribution in [-0.4, -0.2) is 72.1 Å². The Hall–Kier alpha value is -4.15. The number of sulfonamides is 1. The molecule has 0 spiro atoms. The van der Waals surface area contributed by atoms with E-state index in [1.807, 2.05) is 32.0 Å². The summed E-state index contributed by atoms with van der Waals surface area (Å²) in [5, 5.41) is 15.4. The van der Waals surface area contributed by atoms with Gasteiger partial charge in [-0.2, -0.15) is 18.2 Å². The Balaban J connectivity index is 0.00000605. The lowest BCUT2D eigenvalue weighted by Crippen LogP contribution is -2.56. The van der Waals surface area contributed by atoms with Crippen LogP contribution < -0.4 is 20.1 Å².